The number of halogens is 1. The number of aliphatic hydroxyl groups excluding tert-OH is 1. The molecule has 0 unspecified atom stereocenters. The average molecular weight is 209 g/mol. The Kier molecular flexibility index (Phi) is 17.8. The third kappa shape index (κ3) is 15.0. The smallest absolute Gasteiger partial charge is 0.0431 e. The fourth-order valence-corrected chi connectivity index (χ4v) is 1.42. The van der Waals surface area contributed by atoms with Crippen molar-refractivity contribution < 1.29 is 5.11 Å². The van der Waals surface area contributed by atoms with Gasteiger partial charge >= 0.3 is 0 Å². The highest BCUT2D eigenvalue weighted by Crippen LogP contribution is 2.08. The van der Waals surface area contributed by atoms with Crippen molar-refractivity contribution in [1.29, 1.82) is 0 Å². The van der Waals surface area contributed by atoms with Gasteiger partial charge in [0.1, 0.15) is 0 Å². The van der Waals surface area contributed by atoms with E-state index in [-0.39, 0.29) is 12.4 Å². The zero-order valence-corrected chi connectivity index (χ0v) is 9.74. The molecule has 0 bridgehead atoms. The first-order valence-corrected chi connectivity index (χ1v) is 5.52. The van der Waals surface area contributed by atoms with E-state index in [1.165, 1.54) is 51.4 Å². The molecule has 1 nitrogen and oxygen atoms in total. The molecule has 1 N–H and O–H groups in total. The van der Waals surface area contributed by atoms with Crippen LogP contribution in [0.1, 0.15) is 64.7 Å². The van der Waals surface area contributed by atoms with Crippen molar-refractivity contribution in [3.05, 3.63) is 0 Å². The normalized spacial score (nSPS) is 9.69. The molecule has 0 aromatic carbocycles. The van der Waals surface area contributed by atoms with E-state index >= 15 is 0 Å². The van der Waals surface area contributed by atoms with Gasteiger partial charge in [0, 0.05) is 6.61 Å². The molecule has 0 aliphatic heterocycles. The maximum atomic E-state index is 8.54. The molecular weight excluding hydrogens is 184 g/mol. The van der Waals surface area contributed by atoms with Crippen LogP contribution in [0.25, 0.3) is 0 Å². The van der Waals surface area contributed by atoms with E-state index < -0.39 is 0 Å². The van der Waals surface area contributed by atoms with Crippen molar-refractivity contribution in [2.45, 2.75) is 64.7 Å². The van der Waals surface area contributed by atoms with Gasteiger partial charge in [-0.2, -0.15) is 0 Å². The van der Waals surface area contributed by atoms with Crippen molar-refractivity contribution in [1.82, 2.24) is 0 Å². The molecule has 2 heteroatoms. The highest BCUT2D eigenvalue weighted by molar-refractivity contribution is 5.85. The largest absolute Gasteiger partial charge is 0.396 e. The molecule has 0 atom stereocenters. The molecule has 0 rings (SSSR count). The van der Waals surface area contributed by atoms with Crippen LogP contribution < -0.4 is 0 Å². The predicted octanol–water partition coefficient (Wildman–Crippen LogP) is 3.93. The summed E-state index contributed by atoms with van der Waals surface area (Å²) in [5.74, 6) is 0. The monoisotopic (exact) mass is 208 g/mol. The molecule has 0 aromatic heterocycles. The Bertz CT molecular complexity index is 66.5. The third-order valence-corrected chi connectivity index (χ3v) is 2.26. The molecule has 0 fully saturated rings. The minimum atomic E-state index is 0. The molecule has 0 aromatic rings. The Balaban J connectivity index is 0. The molecule has 82 valence electrons. The van der Waals surface area contributed by atoms with Crippen molar-refractivity contribution in [2.24, 2.45) is 0 Å². The zero-order valence-electron chi connectivity index (χ0n) is 8.93. The van der Waals surface area contributed by atoms with Crippen molar-refractivity contribution in [3.8, 4) is 0 Å². The van der Waals surface area contributed by atoms with Crippen molar-refractivity contribution >= 4 is 12.4 Å². The summed E-state index contributed by atoms with van der Waals surface area (Å²) in [4.78, 5) is 0. The van der Waals surface area contributed by atoms with Crippen LogP contribution in [0.2, 0.25) is 0 Å². The van der Waals surface area contributed by atoms with Gasteiger partial charge in [0.05, 0.1) is 0 Å². The number of unbranched alkanes of at least 4 members (excludes halogenated alkanes) is 8. The first kappa shape index (κ1) is 15.7. The van der Waals surface area contributed by atoms with E-state index in [4.69, 9.17) is 5.11 Å². The summed E-state index contributed by atoms with van der Waals surface area (Å²) < 4.78 is 0. The highest BCUT2D eigenvalue weighted by Gasteiger charge is 1.90. The van der Waals surface area contributed by atoms with Crippen LogP contribution in [0, 0.1) is 0 Å². The fraction of sp³-hybridized carbons (Fsp3) is 1.00. The second-order valence-electron chi connectivity index (χ2n) is 3.55. The van der Waals surface area contributed by atoms with Gasteiger partial charge < -0.3 is 5.11 Å². The number of rotatable bonds is 9. The third-order valence-electron chi connectivity index (χ3n) is 2.26. The van der Waals surface area contributed by atoms with Gasteiger partial charge in [0.15, 0.2) is 0 Å². The van der Waals surface area contributed by atoms with Crippen LogP contribution in [0.5, 0.6) is 0 Å². The number of hydrogen-bond donors (Lipinski definition) is 1. The quantitative estimate of drug-likeness (QED) is 0.570. The SMILES string of the molecule is CCCCCCCCCCCO.Cl. The summed E-state index contributed by atoms with van der Waals surface area (Å²) in [6.07, 6.45) is 11.8. The van der Waals surface area contributed by atoms with Crippen LogP contribution >= 0.6 is 12.4 Å². The van der Waals surface area contributed by atoms with Crippen LogP contribution in [0.15, 0.2) is 0 Å². The lowest BCUT2D eigenvalue weighted by molar-refractivity contribution is 0.282. The molecule has 0 amide bonds. The molecule has 0 aliphatic carbocycles. The molecule has 13 heavy (non-hydrogen) atoms. The van der Waals surface area contributed by atoms with Gasteiger partial charge in [-0.05, 0) is 6.42 Å². The Morgan fingerprint density at radius 3 is 1.46 bits per heavy atom. The molecule has 0 heterocycles. The maximum Gasteiger partial charge on any atom is 0.0431 e. The molecule has 0 spiro atoms. The predicted molar refractivity (Wildman–Crippen MR) is 61.6 cm³/mol. The average Bonchev–Trinajstić information content (AvgIpc) is 2.10. The van der Waals surface area contributed by atoms with E-state index in [9.17, 15) is 0 Å². The van der Waals surface area contributed by atoms with Gasteiger partial charge in [-0.3, -0.25) is 0 Å². The maximum absolute atomic E-state index is 8.54. The van der Waals surface area contributed by atoms with Gasteiger partial charge in [-0.15, -0.1) is 12.4 Å². The minimum Gasteiger partial charge on any atom is -0.396 e. The number of hydrogen-bond acceptors (Lipinski definition) is 1. The lowest BCUT2D eigenvalue weighted by Crippen LogP contribution is -1.84. The first-order chi connectivity index (χ1) is 5.91. The van der Waals surface area contributed by atoms with E-state index in [2.05, 4.69) is 6.92 Å². The van der Waals surface area contributed by atoms with E-state index in [0.717, 1.165) is 6.42 Å². The lowest BCUT2D eigenvalue weighted by atomic mass is 10.1. The lowest BCUT2D eigenvalue weighted by Gasteiger charge is -1.99. The van der Waals surface area contributed by atoms with Gasteiger partial charge in [-0.25, -0.2) is 0 Å². The van der Waals surface area contributed by atoms with E-state index in [1.54, 1.807) is 0 Å². The van der Waals surface area contributed by atoms with Crippen LogP contribution in [-0.2, 0) is 0 Å². The zero-order chi connectivity index (χ0) is 9.07. The minimum absolute atomic E-state index is 0. The summed E-state index contributed by atoms with van der Waals surface area (Å²) in [7, 11) is 0. The highest BCUT2D eigenvalue weighted by atomic mass is 35.5. The topological polar surface area (TPSA) is 20.2 Å². The summed E-state index contributed by atoms with van der Waals surface area (Å²) >= 11 is 0. The fourth-order valence-electron chi connectivity index (χ4n) is 1.42. The van der Waals surface area contributed by atoms with Crippen LogP contribution in [0.4, 0.5) is 0 Å². The summed E-state index contributed by atoms with van der Waals surface area (Å²) in [6, 6.07) is 0. The van der Waals surface area contributed by atoms with Crippen molar-refractivity contribution in [2.75, 3.05) is 6.61 Å². The summed E-state index contributed by atoms with van der Waals surface area (Å²) in [6.45, 7) is 2.62. The molecule has 0 saturated heterocycles. The first-order valence-electron chi connectivity index (χ1n) is 5.52. The molecular formula is C11H25ClO. The van der Waals surface area contributed by atoms with E-state index in [1.807, 2.05) is 0 Å². The molecule has 0 aliphatic rings. The Labute approximate surface area is 89.3 Å². The van der Waals surface area contributed by atoms with Gasteiger partial charge in [-0.1, -0.05) is 58.3 Å². The van der Waals surface area contributed by atoms with Crippen molar-refractivity contribution in [3.63, 3.8) is 0 Å². The Morgan fingerprint density at radius 1 is 0.692 bits per heavy atom. The van der Waals surface area contributed by atoms with Crippen LogP contribution in [0.3, 0.4) is 0 Å². The Morgan fingerprint density at radius 2 is 1.08 bits per heavy atom. The standard InChI is InChI=1S/C11H24O.ClH/c1-2-3-4-5-6-7-8-9-10-11-12;/h12H,2-11H2,1H3;1H. The summed E-state index contributed by atoms with van der Waals surface area (Å²) in [5.41, 5.74) is 0. The summed E-state index contributed by atoms with van der Waals surface area (Å²) in [5, 5.41) is 8.54. The van der Waals surface area contributed by atoms with Gasteiger partial charge in [0.2, 0.25) is 0 Å². The molecule has 0 saturated carbocycles. The second kappa shape index (κ2) is 14.8. The molecule has 0 radical (unpaired) electrons. The van der Waals surface area contributed by atoms with E-state index in [0.29, 0.717) is 6.61 Å². The van der Waals surface area contributed by atoms with Gasteiger partial charge in [0.25, 0.3) is 0 Å². The second-order valence-corrected chi connectivity index (χ2v) is 3.55. The number of aliphatic hydroxyl groups is 1. The van der Waals surface area contributed by atoms with Crippen LogP contribution in [-0.4, -0.2) is 11.7 Å². The Hall–Kier alpha value is 0.250.